The normalized spacial score (nSPS) is 17.1. The third kappa shape index (κ3) is 4.51. The number of sulfonamides is 1. The maximum Gasteiger partial charge on any atom is 0.211 e. The van der Waals surface area contributed by atoms with Gasteiger partial charge in [0, 0.05) is 18.0 Å². The average Bonchev–Trinajstić information content (AvgIpc) is 3.20. The van der Waals surface area contributed by atoms with E-state index in [9.17, 15) is 12.8 Å². The molecule has 0 aliphatic carbocycles. The summed E-state index contributed by atoms with van der Waals surface area (Å²) in [6.45, 7) is 0.646. The standard InChI is InChI=1S/C20H20ClFN4O4S/c1-29-17-9-16-13(8-18(17)30-12-6-7-26(10-12)31(2,27)28)20(24-11-23-16)25-15-5-3-4-14(21)19(15)22/h3-5,8-9,11-12H,6-7,10H2,1-2H3,(H,23,24,25). The number of fused-ring (bicyclic) bond motifs is 1. The third-order valence-corrected chi connectivity index (χ3v) is 6.56. The van der Waals surface area contributed by atoms with E-state index in [4.69, 9.17) is 21.1 Å². The third-order valence-electron chi connectivity index (χ3n) is 5.00. The van der Waals surface area contributed by atoms with E-state index in [1.54, 1.807) is 24.3 Å². The van der Waals surface area contributed by atoms with Crippen LogP contribution in [0, 0.1) is 5.82 Å². The molecule has 11 heteroatoms. The molecule has 0 bridgehead atoms. The molecule has 1 atom stereocenters. The number of aromatic nitrogens is 2. The molecule has 8 nitrogen and oxygen atoms in total. The van der Waals surface area contributed by atoms with Crippen LogP contribution in [0.4, 0.5) is 15.9 Å². The molecule has 164 valence electrons. The van der Waals surface area contributed by atoms with E-state index in [0.29, 0.717) is 41.2 Å². The molecule has 1 aliphatic rings. The van der Waals surface area contributed by atoms with Crippen molar-refractivity contribution in [2.45, 2.75) is 12.5 Å². The number of rotatable bonds is 6. The molecule has 1 N–H and O–H groups in total. The minimum atomic E-state index is -3.28. The first-order valence-corrected chi connectivity index (χ1v) is 11.6. The van der Waals surface area contributed by atoms with Crippen molar-refractivity contribution in [3.05, 3.63) is 47.5 Å². The SMILES string of the molecule is COc1cc2ncnc(Nc3cccc(Cl)c3F)c2cc1OC1CCN(S(C)(=O)=O)C1. The first kappa shape index (κ1) is 21.5. The quantitative estimate of drug-likeness (QED) is 0.593. The van der Waals surface area contributed by atoms with Crippen LogP contribution in [-0.2, 0) is 10.0 Å². The Bertz CT molecular complexity index is 1240. The van der Waals surface area contributed by atoms with Crippen LogP contribution in [0.15, 0.2) is 36.7 Å². The van der Waals surface area contributed by atoms with Gasteiger partial charge in [0.15, 0.2) is 17.3 Å². The lowest BCUT2D eigenvalue weighted by Crippen LogP contribution is -2.29. The molecule has 1 aromatic heterocycles. The lowest BCUT2D eigenvalue weighted by atomic mass is 10.2. The van der Waals surface area contributed by atoms with Crippen LogP contribution < -0.4 is 14.8 Å². The Morgan fingerprint density at radius 2 is 2.06 bits per heavy atom. The summed E-state index contributed by atoms with van der Waals surface area (Å²) in [5.41, 5.74) is 0.735. The Balaban J connectivity index is 1.68. The van der Waals surface area contributed by atoms with E-state index in [2.05, 4.69) is 15.3 Å². The fraction of sp³-hybridized carbons (Fsp3) is 0.300. The molecule has 1 saturated heterocycles. The topological polar surface area (TPSA) is 93.7 Å². The monoisotopic (exact) mass is 466 g/mol. The molecule has 2 heterocycles. The van der Waals surface area contributed by atoms with Crippen LogP contribution >= 0.6 is 11.6 Å². The van der Waals surface area contributed by atoms with Crippen LogP contribution in [0.3, 0.4) is 0 Å². The van der Waals surface area contributed by atoms with Crippen LogP contribution in [-0.4, -0.2) is 55.3 Å². The zero-order chi connectivity index (χ0) is 22.2. The highest BCUT2D eigenvalue weighted by Crippen LogP contribution is 2.36. The lowest BCUT2D eigenvalue weighted by molar-refractivity contribution is 0.206. The number of ether oxygens (including phenoxy) is 2. The Hall–Kier alpha value is -2.69. The number of halogens is 2. The zero-order valence-electron chi connectivity index (χ0n) is 16.8. The smallest absolute Gasteiger partial charge is 0.211 e. The van der Waals surface area contributed by atoms with Gasteiger partial charge in [-0.25, -0.2) is 22.8 Å². The van der Waals surface area contributed by atoms with Crippen LogP contribution in [0.25, 0.3) is 10.9 Å². The van der Waals surface area contributed by atoms with Gasteiger partial charge in [0.2, 0.25) is 10.0 Å². The van der Waals surface area contributed by atoms with Crippen molar-refractivity contribution >= 4 is 44.0 Å². The number of nitrogens with one attached hydrogen (secondary N) is 1. The fourth-order valence-electron chi connectivity index (χ4n) is 3.42. The first-order chi connectivity index (χ1) is 14.8. The molecule has 3 aromatic rings. The molecule has 31 heavy (non-hydrogen) atoms. The summed E-state index contributed by atoms with van der Waals surface area (Å²) < 4.78 is 50.8. The van der Waals surface area contributed by atoms with E-state index in [1.807, 2.05) is 0 Å². The number of benzene rings is 2. The van der Waals surface area contributed by atoms with Gasteiger partial charge in [0.05, 0.1) is 36.1 Å². The fourth-order valence-corrected chi connectivity index (χ4v) is 4.47. The van der Waals surface area contributed by atoms with E-state index >= 15 is 0 Å². The molecule has 1 aliphatic heterocycles. The van der Waals surface area contributed by atoms with E-state index in [1.165, 1.54) is 30.1 Å². The summed E-state index contributed by atoms with van der Waals surface area (Å²) >= 11 is 5.87. The maximum atomic E-state index is 14.4. The summed E-state index contributed by atoms with van der Waals surface area (Å²) in [4.78, 5) is 8.49. The van der Waals surface area contributed by atoms with Gasteiger partial charge in [-0.05, 0) is 24.6 Å². The van der Waals surface area contributed by atoms with Gasteiger partial charge < -0.3 is 14.8 Å². The second-order valence-corrected chi connectivity index (χ2v) is 9.51. The van der Waals surface area contributed by atoms with Crippen LogP contribution in [0.2, 0.25) is 5.02 Å². The van der Waals surface area contributed by atoms with E-state index in [-0.39, 0.29) is 23.4 Å². The Morgan fingerprint density at radius 3 is 2.77 bits per heavy atom. The van der Waals surface area contributed by atoms with Crippen molar-refractivity contribution in [2.24, 2.45) is 0 Å². The Morgan fingerprint density at radius 1 is 1.26 bits per heavy atom. The van der Waals surface area contributed by atoms with Crippen LogP contribution in [0.1, 0.15) is 6.42 Å². The highest BCUT2D eigenvalue weighted by Gasteiger charge is 2.30. The molecule has 0 amide bonds. The van der Waals surface area contributed by atoms with Crippen molar-refractivity contribution in [2.75, 3.05) is 31.8 Å². The number of nitrogens with zero attached hydrogens (tertiary/aromatic N) is 3. The van der Waals surface area contributed by atoms with Crippen molar-refractivity contribution in [1.82, 2.24) is 14.3 Å². The summed E-state index contributed by atoms with van der Waals surface area (Å²) in [6.07, 6.45) is 2.76. The molecule has 1 fully saturated rings. The number of hydrogen-bond donors (Lipinski definition) is 1. The molecular weight excluding hydrogens is 447 g/mol. The highest BCUT2D eigenvalue weighted by molar-refractivity contribution is 7.88. The average molecular weight is 467 g/mol. The van der Waals surface area contributed by atoms with Gasteiger partial charge in [0.1, 0.15) is 18.2 Å². The Kier molecular flexibility index (Phi) is 5.87. The molecule has 2 aromatic carbocycles. The zero-order valence-corrected chi connectivity index (χ0v) is 18.4. The molecule has 1 unspecified atom stereocenters. The predicted molar refractivity (Wildman–Crippen MR) is 116 cm³/mol. The van der Waals surface area contributed by atoms with Gasteiger partial charge in [-0.2, -0.15) is 4.31 Å². The van der Waals surface area contributed by atoms with Crippen LogP contribution in [0.5, 0.6) is 11.5 Å². The van der Waals surface area contributed by atoms with Gasteiger partial charge in [-0.15, -0.1) is 0 Å². The second kappa shape index (κ2) is 8.45. The number of anilines is 2. The summed E-state index contributed by atoms with van der Waals surface area (Å²) in [6, 6.07) is 8.02. The van der Waals surface area contributed by atoms with Crippen molar-refractivity contribution in [1.29, 1.82) is 0 Å². The van der Waals surface area contributed by atoms with Gasteiger partial charge in [0.25, 0.3) is 0 Å². The molecule has 0 saturated carbocycles. The van der Waals surface area contributed by atoms with Crippen molar-refractivity contribution in [3.63, 3.8) is 0 Å². The minimum absolute atomic E-state index is 0.00860. The molecule has 0 spiro atoms. The van der Waals surface area contributed by atoms with Gasteiger partial charge in [-0.3, -0.25) is 0 Å². The highest BCUT2D eigenvalue weighted by atomic mass is 35.5. The molecule has 4 rings (SSSR count). The molecular formula is C20H20ClFN4O4S. The maximum absolute atomic E-state index is 14.4. The first-order valence-electron chi connectivity index (χ1n) is 9.42. The number of methoxy groups -OCH3 is 1. The lowest BCUT2D eigenvalue weighted by Gasteiger charge is -2.18. The molecule has 0 radical (unpaired) electrons. The van der Waals surface area contributed by atoms with Crippen molar-refractivity contribution in [3.8, 4) is 11.5 Å². The number of hydrogen-bond acceptors (Lipinski definition) is 7. The Labute approximate surface area is 184 Å². The summed E-state index contributed by atoms with van der Waals surface area (Å²) in [5.74, 6) is 0.638. The largest absolute Gasteiger partial charge is 0.493 e. The van der Waals surface area contributed by atoms with Crippen molar-refractivity contribution < 1.29 is 22.3 Å². The summed E-state index contributed by atoms with van der Waals surface area (Å²) in [7, 11) is -1.77. The predicted octanol–water partition coefficient (Wildman–Crippen LogP) is 3.59. The van der Waals surface area contributed by atoms with E-state index < -0.39 is 15.8 Å². The van der Waals surface area contributed by atoms with Gasteiger partial charge >= 0.3 is 0 Å². The minimum Gasteiger partial charge on any atom is -0.493 e. The van der Waals surface area contributed by atoms with Gasteiger partial charge in [-0.1, -0.05) is 17.7 Å². The van der Waals surface area contributed by atoms with E-state index in [0.717, 1.165) is 0 Å². The summed E-state index contributed by atoms with van der Waals surface area (Å²) in [5, 5.41) is 3.52. The second-order valence-electron chi connectivity index (χ2n) is 7.12.